The lowest BCUT2D eigenvalue weighted by atomic mass is 10.1. The molecule has 0 saturated heterocycles. The molecule has 7 heteroatoms. The zero-order chi connectivity index (χ0) is 14.1. The zero-order valence-corrected chi connectivity index (χ0v) is 11.1. The summed E-state index contributed by atoms with van der Waals surface area (Å²) in [7, 11) is -2.82. The van der Waals surface area contributed by atoms with Crippen LogP contribution >= 0.6 is 0 Å². The van der Waals surface area contributed by atoms with Crippen LogP contribution in [0.25, 0.3) is 0 Å². The SMILES string of the molecule is COc1c(CC(C)N)cc(F)c(S(C)(=O)=O)c1F. The Balaban J connectivity index is 3.55. The van der Waals surface area contributed by atoms with Crippen LogP contribution in [0.3, 0.4) is 0 Å². The van der Waals surface area contributed by atoms with Crippen LogP contribution in [0.2, 0.25) is 0 Å². The van der Waals surface area contributed by atoms with Gasteiger partial charge in [-0.15, -0.1) is 0 Å². The van der Waals surface area contributed by atoms with Gasteiger partial charge in [-0.2, -0.15) is 0 Å². The molecule has 4 nitrogen and oxygen atoms in total. The molecule has 18 heavy (non-hydrogen) atoms. The third-order valence-corrected chi connectivity index (χ3v) is 3.44. The average molecular weight is 279 g/mol. The summed E-state index contributed by atoms with van der Waals surface area (Å²) in [6.07, 6.45) is 0.917. The molecule has 0 aromatic heterocycles. The molecule has 0 bridgehead atoms. The van der Waals surface area contributed by atoms with Crippen LogP contribution in [0.1, 0.15) is 12.5 Å². The van der Waals surface area contributed by atoms with E-state index in [1.165, 1.54) is 7.11 Å². The molecule has 1 unspecified atom stereocenters. The fraction of sp³-hybridized carbons (Fsp3) is 0.455. The number of sulfone groups is 1. The van der Waals surface area contributed by atoms with Gasteiger partial charge in [0, 0.05) is 17.9 Å². The van der Waals surface area contributed by atoms with Crippen LogP contribution in [0.15, 0.2) is 11.0 Å². The molecule has 0 radical (unpaired) electrons. The van der Waals surface area contributed by atoms with Gasteiger partial charge in [0.2, 0.25) is 0 Å². The normalized spacial score (nSPS) is 13.4. The molecule has 102 valence electrons. The molecule has 0 aliphatic rings. The van der Waals surface area contributed by atoms with Gasteiger partial charge in [0.1, 0.15) is 10.7 Å². The van der Waals surface area contributed by atoms with E-state index in [4.69, 9.17) is 10.5 Å². The molecule has 0 spiro atoms. The first-order valence-corrected chi connectivity index (χ1v) is 7.08. The number of nitrogens with two attached hydrogens (primary N) is 1. The lowest BCUT2D eigenvalue weighted by Gasteiger charge is -2.14. The summed E-state index contributed by atoms with van der Waals surface area (Å²) in [6, 6.07) is 0.614. The van der Waals surface area contributed by atoms with E-state index in [1.54, 1.807) is 6.92 Å². The van der Waals surface area contributed by atoms with Crippen LogP contribution in [0, 0.1) is 11.6 Å². The van der Waals surface area contributed by atoms with E-state index in [9.17, 15) is 17.2 Å². The van der Waals surface area contributed by atoms with Crippen molar-refractivity contribution < 1.29 is 21.9 Å². The zero-order valence-electron chi connectivity index (χ0n) is 10.3. The fourth-order valence-electron chi connectivity index (χ4n) is 1.69. The van der Waals surface area contributed by atoms with E-state index in [0.717, 1.165) is 12.3 Å². The van der Waals surface area contributed by atoms with Crippen molar-refractivity contribution in [2.45, 2.75) is 24.3 Å². The number of halogens is 2. The standard InChI is InChI=1S/C11H15F2NO3S/c1-6(14)4-7-5-8(12)11(18(3,15)16)9(13)10(7)17-2/h5-6H,4,14H2,1-3H3. The Morgan fingerprint density at radius 2 is 2.00 bits per heavy atom. The number of ether oxygens (including phenoxy) is 1. The quantitative estimate of drug-likeness (QED) is 0.901. The second-order valence-electron chi connectivity index (χ2n) is 4.15. The molecular formula is C11H15F2NO3S. The molecule has 1 atom stereocenters. The highest BCUT2D eigenvalue weighted by atomic mass is 32.2. The Hall–Kier alpha value is -1.21. The summed E-state index contributed by atoms with van der Waals surface area (Å²) >= 11 is 0. The van der Waals surface area contributed by atoms with E-state index in [0.29, 0.717) is 0 Å². The Bertz CT molecular complexity index is 556. The second-order valence-corrected chi connectivity index (χ2v) is 6.10. The molecule has 0 heterocycles. The molecule has 2 N–H and O–H groups in total. The first-order chi connectivity index (χ1) is 8.18. The van der Waals surface area contributed by atoms with Crippen molar-refractivity contribution >= 4 is 9.84 Å². The van der Waals surface area contributed by atoms with Gasteiger partial charge < -0.3 is 10.5 Å². The topological polar surface area (TPSA) is 69.4 Å². The summed E-state index contributed by atoms with van der Waals surface area (Å²) in [5, 5.41) is 0. The van der Waals surface area contributed by atoms with Gasteiger partial charge in [-0.1, -0.05) is 0 Å². The van der Waals surface area contributed by atoms with Crippen molar-refractivity contribution in [1.29, 1.82) is 0 Å². The van der Waals surface area contributed by atoms with Gasteiger partial charge in [-0.05, 0) is 19.4 Å². The Morgan fingerprint density at radius 1 is 1.44 bits per heavy atom. The minimum absolute atomic E-state index is 0.182. The van der Waals surface area contributed by atoms with Crippen LogP contribution in [-0.4, -0.2) is 27.8 Å². The predicted molar refractivity (Wildman–Crippen MR) is 63.4 cm³/mol. The second kappa shape index (κ2) is 5.19. The van der Waals surface area contributed by atoms with Crippen molar-refractivity contribution in [3.05, 3.63) is 23.3 Å². The first kappa shape index (κ1) is 14.8. The molecule has 0 saturated carbocycles. The first-order valence-electron chi connectivity index (χ1n) is 5.19. The van der Waals surface area contributed by atoms with E-state index < -0.39 is 26.4 Å². The van der Waals surface area contributed by atoms with E-state index in [1.807, 2.05) is 0 Å². The highest BCUT2D eigenvalue weighted by molar-refractivity contribution is 7.90. The molecule has 0 fully saturated rings. The summed E-state index contributed by atoms with van der Waals surface area (Å²) in [4.78, 5) is -0.979. The third-order valence-electron chi connectivity index (χ3n) is 2.33. The maximum absolute atomic E-state index is 14.0. The van der Waals surface area contributed by atoms with Gasteiger partial charge >= 0.3 is 0 Å². The molecule has 1 aromatic rings. The summed E-state index contributed by atoms with van der Waals surface area (Å²) in [5.74, 6) is -2.63. The lowest BCUT2D eigenvalue weighted by Crippen LogP contribution is -2.19. The van der Waals surface area contributed by atoms with Gasteiger partial charge in [-0.25, -0.2) is 17.2 Å². The Kier molecular flexibility index (Phi) is 4.28. The molecule has 1 aromatic carbocycles. The Morgan fingerprint density at radius 3 is 2.39 bits per heavy atom. The molecule has 0 aliphatic carbocycles. The smallest absolute Gasteiger partial charge is 0.186 e. The summed E-state index contributed by atoms with van der Waals surface area (Å²) in [5.41, 5.74) is 5.76. The maximum Gasteiger partial charge on any atom is 0.186 e. The maximum atomic E-state index is 14.0. The van der Waals surface area contributed by atoms with E-state index in [-0.39, 0.29) is 23.8 Å². The summed E-state index contributed by atoms with van der Waals surface area (Å²) < 4.78 is 55.1. The fourth-order valence-corrected chi connectivity index (χ4v) is 2.52. The predicted octanol–water partition coefficient (Wildman–Crippen LogP) is 1.27. The Labute approximate surface area is 105 Å². The average Bonchev–Trinajstić information content (AvgIpc) is 2.13. The van der Waals surface area contributed by atoms with Gasteiger partial charge in [0.05, 0.1) is 7.11 Å². The highest BCUT2D eigenvalue weighted by Crippen LogP contribution is 2.31. The number of rotatable bonds is 4. The molecular weight excluding hydrogens is 264 g/mol. The van der Waals surface area contributed by atoms with Crippen LogP contribution in [0.4, 0.5) is 8.78 Å². The van der Waals surface area contributed by atoms with Crippen LogP contribution in [-0.2, 0) is 16.3 Å². The molecule has 0 aliphatic heterocycles. The lowest BCUT2D eigenvalue weighted by molar-refractivity contribution is 0.368. The number of hydrogen-bond donors (Lipinski definition) is 1. The summed E-state index contributed by atoms with van der Waals surface area (Å²) in [6.45, 7) is 1.67. The van der Waals surface area contributed by atoms with Crippen LogP contribution < -0.4 is 10.5 Å². The number of benzene rings is 1. The van der Waals surface area contributed by atoms with Crippen molar-refractivity contribution in [2.75, 3.05) is 13.4 Å². The minimum Gasteiger partial charge on any atom is -0.493 e. The highest BCUT2D eigenvalue weighted by Gasteiger charge is 2.26. The third kappa shape index (κ3) is 2.97. The molecule has 0 amide bonds. The van der Waals surface area contributed by atoms with E-state index in [2.05, 4.69) is 0 Å². The monoisotopic (exact) mass is 279 g/mol. The molecule has 1 rings (SSSR count). The van der Waals surface area contributed by atoms with Crippen molar-refractivity contribution in [3.63, 3.8) is 0 Å². The largest absolute Gasteiger partial charge is 0.493 e. The van der Waals surface area contributed by atoms with Gasteiger partial charge in [0.25, 0.3) is 0 Å². The van der Waals surface area contributed by atoms with Crippen molar-refractivity contribution in [1.82, 2.24) is 0 Å². The van der Waals surface area contributed by atoms with Crippen LogP contribution in [0.5, 0.6) is 5.75 Å². The van der Waals surface area contributed by atoms with Crippen molar-refractivity contribution in [2.24, 2.45) is 5.73 Å². The minimum atomic E-state index is -4.00. The van der Waals surface area contributed by atoms with Gasteiger partial charge in [-0.3, -0.25) is 0 Å². The van der Waals surface area contributed by atoms with Crippen molar-refractivity contribution in [3.8, 4) is 5.75 Å². The number of hydrogen-bond acceptors (Lipinski definition) is 4. The van der Waals surface area contributed by atoms with Gasteiger partial charge in [0.15, 0.2) is 21.4 Å². The number of methoxy groups -OCH3 is 1. The van der Waals surface area contributed by atoms with E-state index >= 15 is 0 Å².